The third kappa shape index (κ3) is 4.45. The molecule has 0 saturated carbocycles. The molecule has 5 heteroatoms. The first-order valence-corrected chi connectivity index (χ1v) is 7.07. The van der Waals surface area contributed by atoms with E-state index in [0.29, 0.717) is 11.9 Å². The first-order chi connectivity index (χ1) is 9.31. The first kappa shape index (κ1) is 14.2. The van der Waals surface area contributed by atoms with Crippen LogP contribution in [0.1, 0.15) is 31.7 Å². The minimum absolute atomic E-state index is 0.395. The molecule has 1 fully saturated rings. The van der Waals surface area contributed by atoms with Crippen LogP contribution in [0.3, 0.4) is 0 Å². The zero-order chi connectivity index (χ0) is 13.5. The molecule has 0 aromatic carbocycles. The number of hydrogen-bond donors (Lipinski definition) is 2. The van der Waals surface area contributed by atoms with Crippen molar-refractivity contribution in [3.63, 3.8) is 0 Å². The molecule has 106 valence electrons. The Labute approximate surface area is 115 Å². The number of nitrogens with two attached hydrogens (primary N) is 1. The van der Waals surface area contributed by atoms with Crippen molar-refractivity contribution in [1.82, 2.24) is 9.88 Å². The largest absolute Gasteiger partial charge is 0.377 e. The van der Waals surface area contributed by atoms with Crippen LogP contribution in [-0.2, 0) is 11.3 Å². The fourth-order valence-corrected chi connectivity index (χ4v) is 2.44. The van der Waals surface area contributed by atoms with Gasteiger partial charge in [-0.2, -0.15) is 0 Å². The van der Waals surface area contributed by atoms with Crippen LogP contribution in [0.5, 0.6) is 0 Å². The van der Waals surface area contributed by atoms with Crippen molar-refractivity contribution in [2.75, 3.05) is 25.1 Å². The van der Waals surface area contributed by atoms with E-state index in [9.17, 15) is 0 Å². The number of anilines is 1. The molecule has 0 radical (unpaired) electrons. The van der Waals surface area contributed by atoms with Gasteiger partial charge in [0.05, 0.1) is 6.10 Å². The number of aromatic nitrogens is 1. The number of nitrogen functional groups attached to an aromatic ring is 1. The summed E-state index contributed by atoms with van der Waals surface area (Å²) in [6.45, 7) is 6.12. The molecular weight excluding hydrogens is 240 g/mol. The Kier molecular flexibility index (Phi) is 5.57. The van der Waals surface area contributed by atoms with E-state index >= 15 is 0 Å². The van der Waals surface area contributed by atoms with Crippen LogP contribution in [0.2, 0.25) is 0 Å². The van der Waals surface area contributed by atoms with E-state index < -0.39 is 0 Å². The monoisotopic (exact) mass is 264 g/mol. The van der Waals surface area contributed by atoms with Gasteiger partial charge in [0.25, 0.3) is 0 Å². The summed E-state index contributed by atoms with van der Waals surface area (Å²) in [5.41, 5.74) is 3.76. The minimum atomic E-state index is 0.395. The van der Waals surface area contributed by atoms with Crippen LogP contribution in [0.25, 0.3) is 0 Å². The first-order valence-electron chi connectivity index (χ1n) is 7.07. The molecule has 1 aromatic heterocycles. The average molecular weight is 264 g/mol. The Morgan fingerprint density at radius 2 is 2.42 bits per heavy atom. The van der Waals surface area contributed by atoms with Gasteiger partial charge in [0.15, 0.2) is 0 Å². The molecule has 1 saturated heterocycles. The number of piperidine rings is 1. The summed E-state index contributed by atoms with van der Waals surface area (Å²) in [7, 11) is 0. The highest BCUT2D eigenvalue weighted by Crippen LogP contribution is 2.16. The van der Waals surface area contributed by atoms with Crippen LogP contribution in [0, 0.1) is 0 Å². The second-order valence-corrected chi connectivity index (χ2v) is 5.07. The third-order valence-corrected chi connectivity index (χ3v) is 3.40. The fourth-order valence-electron chi connectivity index (χ4n) is 2.44. The molecule has 1 aliphatic rings. The van der Waals surface area contributed by atoms with Gasteiger partial charge >= 0.3 is 0 Å². The van der Waals surface area contributed by atoms with E-state index in [0.717, 1.165) is 32.7 Å². The van der Waals surface area contributed by atoms with Crippen LogP contribution in [0.15, 0.2) is 18.3 Å². The third-order valence-electron chi connectivity index (χ3n) is 3.40. The molecule has 2 rings (SSSR count). The molecule has 1 aromatic rings. The topological polar surface area (TPSA) is 63.4 Å². The summed E-state index contributed by atoms with van der Waals surface area (Å²) in [5, 5.41) is 0. The summed E-state index contributed by atoms with van der Waals surface area (Å²) >= 11 is 0. The summed E-state index contributed by atoms with van der Waals surface area (Å²) in [4.78, 5) is 6.68. The molecule has 1 aliphatic heterocycles. The molecule has 19 heavy (non-hydrogen) atoms. The van der Waals surface area contributed by atoms with Gasteiger partial charge in [-0.15, -0.1) is 0 Å². The quantitative estimate of drug-likeness (QED) is 0.605. The van der Waals surface area contributed by atoms with E-state index in [4.69, 9.17) is 10.6 Å². The lowest BCUT2D eigenvalue weighted by Gasteiger charge is -2.32. The van der Waals surface area contributed by atoms with Crippen molar-refractivity contribution in [3.05, 3.63) is 23.9 Å². The van der Waals surface area contributed by atoms with E-state index in [1.165, 1.54) is 18.4 Å². The van der Waals surface area contributed by atoms with Gasteiger partial charge in [0.2, 0.25) is 0 Å². The molecule has 3 N–H and O–H groups in total. The normalized spacial score (nSPS) is 20.4. The molecule has 2 heterocycles. The zero-order valence-electron chi connectivity index (χ0n) is 11.6. The molecule has 5 nitrogen and oxygen atoms in total. The summed E-state index contributed by atoms with van der Waals surface area (Å²) in [5.74, 6) is 6.01. The van der Waals surface area contributed by atoms with Crippen LogP contribution >= 0.6 is 0 Å². The van der Waals surface area contributed by atoms with E-state index in [1.54, 1.807) is 0 Å². The standard InChI is InChI=1S/C14H24N4O/c1-2-8-19-13-4-3-7-18(11-13)10-12-5-6-14(17-15)16-9-12/h5-6,9,13H,2-4,7-8,10-11,15H2,1H3,(H,16,17). The van der Waals surface area contributed by atoms with Crippen molar-refractivity contribution >= 4 is 5.82 Å². The SMILES string of the molecule is CCCOC1CCCN(Cc2ccc(NN)nc2)C1. The van der Waals surface area contributed by atoms with E-state index in [1.807, 2.05) is 12.3 Å². The Bertz CT molecular complexity index is 368. The molecule has 0 bridgehead atoms. The number of rotatable bonds is 6. The lowest BCUT2D eigenvalue weighted by Crippen LogP contribution is -2.39. The molecular formula is C14H24N4O. The lowest BCUT2D eigenvalue weighted by molar-refractivity contribution is -0.00225. The Balaban J connectivity index is 1.83. The average Bonchev–Trinajstić information content (AvgIpc) is 2.46. The van der Waals surface area contributed by atoms with Gasteiger partial charge in [-0.1, -0.05) is 13.0 Å². The van der Waals surface area contributed by atoms with Gasteiger partial charge in [-0.25, -0.2) is 10.8 Å². The number of nitrogens with one attached hydrogen (secondary N) is 1. The van der Waals surface area contributed by atoms with Gasteiger partial charge in [0, 0.05) is 25.9 Å². The molecule has 0 aliphatic carbocycles. The van der Waals surface area contributed by atoms with E-state index in [2.05, 4.69) is 28.3 Å². The van der Waals surface area contributed by atoms with Crippen molar-refractivity contribution in [1.29, 1.82) is 0 Å². The van der Waals surface area contributed by atoms with Crippen LogP contribution in [0.4, 0.5) is 5.82 Å². The number of nitrogens with zero attached hydrogens (tertiary/aromatic N) is 2. The summed E-state index contributed by atoms with van der Waals surface area (Å²) in [6, 6.07) is 3.98. The number of likely N-dealkylation sites (tertiary alicyclic amines) is 1. The van der Waals surface area contributed by atoms with Crippen molar-refractivity contribution < 1.29 is 4.74 Å². The molecule has 0 amide bonds. The highest BCUT2D eigenvalue weighted by Gasteiger charge is 2.20. The Hall–Kier alpha value is -1.17. The molecule has 0 spiro atoms. The fraction of sp³-hybridized carbons (Fsp3) is 0.643. The van der Waals surface area contributed by atoms with Crippen molar-refractivity contribution in [2.45, 2.75) is 38.8 Å². The molecule has 1 unspecified atom stereocenters. The van der Waals surface area contributed by atoms with Crippen molar-refractivity contribution in [3.8, 4) is 0 Å². The summed E-state index contributed by atoms with van der Waals surface area (Å²) < 4.78 is 5.85. The van der Waals surface area contributed by atoms with Crippen molar-refractivity contribution in [2.24, 2.45) is 5.84 Å². The van der Waals surface area contributed by atoms with Gasteiger partial charge in [-0.05, 0) is 37.4 Å². The maximum atomic E-state index is 5.85. The van der Waals surface area contributed by atoms with E-state index in [-0.39, 0.29) is 0 Å². The highest BCUT2D eigenvalue weighted by molar-refractivity contribution is 5.33. The number of pyridine rings is 1. The second kappa shape index (κ2) is 7.43. The molecule has 1 atom stereocenters. The second-order valence-electron chi connectivity index (χ2n) is 5.07. The minimum Gasteiger partial charge on any atom is -0.377 e. The zero-order valence-corrected chi connectivity index (χ0v) is 11.6. The van der Waals surface area contributed by atoms with Crippen LogP contribution in [-0.4, -0.2) is 35.7 Å². The van der Waals surface area contributed by atoms with Gasteiger partial charge < -0.3 is 10.2 Å². The smallest absolute Gasteiger partial charge is 0.139 e. The predicted octanol–water partition coefficient (Wildman–Crippen LogP) is 1.76. The summed E-state index contributed by atoms with van der Waals surface area (Å²) in [6.07, 6.45) is 5.76. The van der Waals surface area contributed by atoms with Gasteiger partial charge in [0.1, 0.15) is 5.82 Å². The van der Waals surface area contributed by atoms with Gasteiger partial charge in [-0.3, -0.25) is 4.90 Å². The highest BCUT2D eigenvalue weighted by atomic mass is 16.5. The maximum Gasteiger partial charge on any atom is 0.139 e. The Morgan fingerprint density at radius 3 is 3.11 bits per heavy atom. The number of hydrogen-bond acceptors (Lipinski definition) is 5. The number of ether oxygens (including phenoxy) is 1. The van der Waals surface area contributed by atoms with Crippen LogP contribution < -0.4 is 11.3 Å². The lowest BCUT2D eigenvalue weighted by atomic mass is 10.1. The Morgan fingerprint density at radius 1 is 1.53 bits per heavy atom. The maximum absolute atomic E-state index is 5.85. The number of hydrazine groups is 1. The predicted molar refractivity (Wildman–Crippen MR) is 76.6 cm³/mol.